The number of hydrogen-bond donors (Lipinski definition) is 0. The average molecular weight is 296 g/mol. The largest absolute Gasteiger partial charge is 0.287 e. The molecule has 0 amide bonds. The van der Waals surface area contributed by atoms with Gasteiger partial charge in [-0.3, -0.25) is 14.2 Å². The van der Waals surface area contributed by atoms with Gasteiger partial charge in [0, 0.05) is 22.7 Å². The Morgan fingerprint density at radius 2 is 2.33 bits per heavy atom. The van der Waals surface area contributed by atoms with Crippen LogP contribution in [0, 0.1) is 0 Å². The lowest BCUT2D eigenvalue weighted by Crippen LogP contribution is -1.99. The minimum Gasteiger partial charge on any atom is -0.287 e. The normalized spacial score (nSPS) is 11.6. The molecule has 4 nitrogen and oxygen atoms in total. The minimum atomic E-state index is -0.167. The lowest BCUT2D eigenvalue weighted by atomic mass is 10.2. The number of halogens is 1. The maximum atomic E-state index is 12.1. The van der Waals surface area contributed by atoms with E-state index in [1.165, 1.54) is 28.7 Å². The van der Waals surface area contributed by atoms with Gasteiger partial charge in [-0.2, -0.15) is 0 Å². The third-order valence-electron chi connectivity index (χ3n) is 2.30. The molecular formula is C11H6ClN3OS2. The first kappa shape index (κ1) is 11.6. The molecule has 0 fully saturated rings. The fraction of sp³-hybridized carbons (Fsp3) is 0. The van der Waals surface area contributed by atoms with Gasteiger partial charge in [-0.15, -0.1) is 22.7 Å². The number of carbonyl (C=O) groups is 1. The van der Waals surface area contributed by atoms with Gasteiger partial charge in [0.1, 0.15) is 5.69 Å². The standard InChI is InChI=1S/C11H6ClN3OS2/c12-10-9(15-3-4-17-11(15)14-10)8(16)2-1-7-5-13-6-18-7/h1-6H/b2-1+. The first-order valence-corrected chi connectivity index (χ1v) is 7.11. The number of hydrogen-bond acceptors (Lipinski definition) is 5. The number of fused-ring (bicyclic) bond motifs is 1. The summed E-state index contributed by atoms with van der Waals surface area (Å²) in [5.41, 5.74) is 2.11. The van der Waals surface area contributed by atoms with Gasteiger partial charge in [-0.05, 0) is 12.2 Å². The van der Waals surface area contributed by atoms with Gasteiger partial charge in [0.25, 0.3) is 0 Å². The van der Waals surface area contributed by atoms with Gasteiger partial charge < -0.3 is 0 Å². The van der Waals surface area contributed by atoms with Gasteiger partial charge in [0.2, 0.25) is 5.78 Å². The van der Waals surface area contributed by atoms with E-state index in [4.69, 9.17) is 11.6 Å². The number of aromatic nitrogens is 3. The Kier molecular flexibility index (Phi) is 2.99. The van der Waals surface area contributed by atoms with Crippen molar-refractivity contribution in [2.75, 3.05) is 0 Å². The van der Waals surface area contributed by atoms with Crippen molar-refractivity contribution in [1.82, 2.24) is 14.4 Å². The zero-order valence-corrected chi connectivity index (χ0v) is 11.3. The van der Waals surface area contributed by atoms with Crippen LogP contribution in [0.15, 0.2) is 29.4 Å². The molecule has 0 saturated heterocycles. The lowest BCUT2D eigenvalue weighted by Gasteiger charge is -1.93. The molecular weight excluding hydrogens is 290 g/mol. The molecule has 18 heavy (non-hydrogen) atoms. The second kappa shape index (κ2) is 4.64. The molecule has 3 rings (SSSR count). The molecule has 0 atom stereocenters. The van der Waals surface area contributed by atoms with E-state index >= 15 is 0 Å². The molecule has 3 aromatic rings. The molecule has 0 aromatic carbocycles. The summed E-state index contributed by atoms with van der Waals surface area (Å²) in [6, 6.07) is 0. The SMILES string of the molecule is O=C(/C=C/c1cncs1)c1c(Cl)nc2sccn12. The van der Waals surface area contributed by atoms with Crippen LogP contribution in [0.3, 0.4) is 0 Å². The Labute approximate surface area is 115 Å². The Morgan fingerprint density at radius 3 is 3.11 bits per heavy atom. The van der Waals surface area contributed by atoms with Crippen molar-refractivity contribution in [3.05, 3.63) is 45.1 Å². The first-order valence-electron chi connectivity index (χ1n) is 4.97. The molecule has 0 radical (unpaired) electrons. The second-order valence-corrected chi connectivity index (χ2v) is 5.56. The van der Waals surface area contributed by atoms with E-state index in [0.717, 1.165) is 9.84 Å². The predicted octanol–water partition coefficient (Wildman–Crippen LogP) is 3.40. The van der Waals surface area contributed by atoms with Crippen LogP contribution in [0.5, 0.6) is 0 Å². The van der Waals surface area contributed by atoms with E-state index in [0.29, 0.717) is 5.69 Å². The van der Waals surface area contributed by atoms with Crippen LogP contribution in [-0.2, 0) is 0 Å². The van der Waals surface area contributed by atoms with Crippen molar-refractivity contribution in [2.45, 2.75) is 0 Å². The summed E-state index contributed by atoms with van der Waals surface area (Å²) in [6.07, 6.45) is 6.70. The monoisotopic (exact) mass is 295 g/mol. The Balaban J connectivity index is 1.97. The Bertz CT molecular complexity index is 727. The highest BCUT2D eigenvalue weighted by Crippen LogP contribution is 2.22. The van der Waals surface area contributed by atoms with Crippen LogP contribution in [0.25, 0.3) is 11.0 Å². The predicted molar refractivity (Wildman–Crippen MR) is 73.6 cm³/mol. The smallest absolute Gasteiger partial charge is 0.205 e. The van der Waals surface area contributed by atoms with E-state index < -0.39 is 0 Å². The van der Waals surface area contributed by atoms with Gasteiger partial charge in [-0.1, -0.05) is 11.6 Å². The van der Waals surface area contributed by atoms with Crippen molar-refractivity contribution in [1.29, 1.82) is 0 Å². The molecule has 0 N–H and O–H groups in total. The van der Waals surface area contributed by atoms with Crippen molar-refractivity contribution in [2.24, 2.45) is 0 Å². The molecule has 0 aliphatic heterocycles. The van der Waals surface area contributed by atoms with Crippen molar-refractivity contribution >= 4 is 51.1 Å². The van der Waals surface area contributed by atoms with Gasteiger partial charge in [0.05, 0.1) is 5.51 Å². The van der Waals surface area contributed by atoms with Gasteiger partial charge >= 0.3 is 0 Å². The number of ketones is 1. The molecule has 3 heterocycles. The third-order valence-corrected chi connectivity index (χ3v) is 4.06. The Morgan fingerprint density at radius 1 is 1.44 bits per heavy atom. The number of rotatable bonds is 3. The maximum Gasteiger partial charge on any atom is 0.205 e. The summed E-state index contributed by atoms with van der Waals surface area (Å²) in [5, 5.41) is 2.10. The van der Waals surface area contributed by atoms with Crippen LogP contribution in [-0.4, -0.2) is 20.2 Å². The van der Waals surface area contributed by atoms with E-state index in [-0.39, 0.29) is 10.9 Å². The molecule has 0 spiro atoms. The Hall–Kier alpha value is -1.50. The number of thiazole rings is 2. The summed E-state index contributed by atoms with van der Waals surface area (Å²) in [6.45, 7) is 0. The van der Waals surface area contributed by atoms with E-state index in [2.05, 4.69) is 9.97 Å². The van der Waals surface area contributed by atoms with Crippen molar-refractivity contribution in [3.8, 4) is 0 Å². The fourth-order valence-electron chi connectivity index (χ4n) is 1.52. The minimum absolute atomic E-state index is 0.167. The molecule has 7 heteroatoms. The average Bonchev–Trinajstić information content (AvgIpc) is 3.01. The van der Waals surface area contributed by atoms with Crippen LogP contribution in [0.2, 0.25) is 5.15 Å². The quantitative estimate of drug-likeness (QED) is 0.549. The maximum absolute atomic E-state index is 12.1. The summed E-state index contributed by atoms with van der Waals surface area (Å²) in [4.78, 5) is 21.8. The second-order valence-electron chi connectivity index (χ2n) is 3.41. The highest BCUT2D eigenvalue weighted by molar-refractivity contribution is 7.15. The number of nitrogens with zero attached hydrogens (tertiary/aromatic N) is 3. The highest BCUT2D eigenvalue weighted by Gasteiger charge is 2.16. The fourth-order valence-corrected chi connectivity index (χ4v) is 3.06. The zero-order valence-electron chi connectivity index (χ0n) is 8.91. The third kappa shape index (κ3) is 1.98. The summed E-state index contributed by atoms with van der Waals surface area (Å²) >= 11 is 8.88. The van der Waals surface area contributed by atoms with Gasteiger partial charge in [-0.25, -0.2) is 4.98 Å². The number of imidazole rings is 1. The summed E-state index contributed by atoms with van der Waals surface area (Å²) in [5.74, 6) is -0.167. The van der Waals surface area contributed by atoms with Crippen LogP contribution >= 0.6 is 34.3 Å². The topological polar surface area (TPSA) is 47.3 Å². The van der Waals surface area contributed by atoms with Gasteiger partial charge in [0.15, 0.2) is 10.1 Å². The molecule has 0 aliphatic rings. The van der Waals surface area contributed by atoms with E-state index in [9.17, 15) is 4.79 Å². The summed E-state index contributed by atoms with van der Waals surface area (Å²) in [7, 11) is 0. The molecule has 3 aromatic heterocycles. The molecule has 90 valence electrons. The van der Waals surface area contributed by atoms with Crippen molar-refractivity contribution in [3.63, 3.8) is 0 Å². The molecule has 0 saturated carbocycles. The molecule has 0 unspecified atom stereocenters. The first-order chi connectivity index (χ1) is 8.75. The van der Waals surface area contributed by atoms with E-state index in [1.807, 2.05) is 5.38 Å². The number of allylic oxidation sites excluding steroid dienone is 1. The molecule has 0 bridgehead atoms. The molecule has 0 aliphatic carbocycles. The summed E-state index contributed by atoms with van der Waals surface area (Å²) < 4.78 is 1.70. The zero-order chi connectivity index (χ0) is 12.5. The lowest BCUT2D eigenvalue weighted by molar-refractivity contribution is 0.104. The number of carbonyl (C=O) groups excluding carboxylic acids is 1. The van der Waals surface area contributed by atoms with Crippen LogP contribution < -0.4 is 0 Å². The van der Waals surface area contributed by atoms with Crippen molar-refractivity contribution < 1.29 is 4.79 Å². The van der Waals surface area contributed by atoms with E-state index in [1.54, 1.807) is 28.4 Å². The van der Waals surface area contributed by atoms with Crippen LogP contribution in [0.1, 0.15) is 15.4 Å². The van der Waals surface area contributed by atoms with Crippen LogP contribution in [0.4, 0.5) is 0 Å². The highest BCUT2D eigenvalue weighted by atomic mass is 35.5.